The second kappa shape index (κ2) is 50.2. The number of rotatable bonds is 21. The summed E-state index contributed by atoms with van der Waals surface area (Å²) in [6, 6.07) is 89.6. The predicted molar refractivity (Wildman–Crippen MR) is 382 cm³/mol. The summed E-state index contributed by atoms with van der Waals surface area (Å²) in [6.07, 6.45) is 0. The Kier molecular flexibility index (Phi) is 45.6. The maximum atomic E-state index is 6.73. The molecule has 0 bridgehead atoms. The number of aryl methyl sites for hydroxylation is 3. The first kappa shape index (κ1) is 80.0. The van der Waals surface area contributed by atoms with Gasteiger partial charge in [-0.05, 0) is 55.2 Å². The summed E-state index contributed by atoms with van der Waals surface area (Å²) in [6.45, 7) is 23.8. The Morgan fingerprint density at radius 3 is 0.591 bits per heavy atom. The van der Waals surface area contributed by atoms with Crippen molar-refractivity contribution in [2.75, 3.05) is 39.5 Å². The van der Waals surface area contributed by atoms with Crippen molar-refractivity contribution in [3.8, 4) is 0 Å². The van der Waals surface area contributed by atoms with E-state index in [1.807, 2.05) is 0 Å². The van der Waals surface area contributed by atoms with Crippen molar-refractivity contribution in [1.29, 1.82) is 0 Å². The predicted octanol–water partition coefficient (Wildman–Crippen LogP) is 21.0. The molecule has 88 heavy (non-hydrogen) atoms. The number of halogens is 6. The molecule has 0 aliphatic carbocycles. The molecule has 9 rings (SSSR count). The molecule has 9 aromatic rings. The summed E-state index contributed by atoms with van der Waals surface area (Å²) in [5.74, 6) is 1.96. The van der Waals surface area contributed by atoms with Crippen molar-refractivity contribution in [2.45, 2.75) is 80.1 Å². The van der Waals surface area contributed by atoms with Crippen LogP contribution in [0.2, 0.25) is 0 Å². The minimum absolute atomic E-state index is 0.346. The molecule has 0 saturated heterocycles. The van der Waals surface area contributed by atoms with Crippen molar-refractivity contribution >= 4 is 114 Å². The second-order valence-electron chi connectivity index (χ2n) is 20.6. The third kappa shape index (κ3) is 34.0. The fourth-order valence-corrected chi connectivity index (χ4v) is 13.5. The average molecular weight is 1620 g/mol. The normalized spacial score (nSPS) is 10.7. The maximum absolute atomic E-state index is 6.73. The first-order valence-electron chi connectivity index (χ1n) is 28.8. The monoisotopic (exact) mass is 1620 g/mol. The molecular weight excluding hydrogens is 1540 g/mol. The fourth-order valence-electron chi connectivity index (χ4n) is 8.25. The Bertz CT molecular complexity index is 2620. The largest absolute Gasteiger partial charge is 0.348 e. The first-order chi connectivity index (χ1) is 42.7. The molecule has 9 aromatic carbocycles. The zero-order valence-corrected chi connectivity index (χ0v) is 64.0. The zero-order valence-electron chi connectivity index (χ0n) is 51.6. The van der Waals surface area contributed by atoms with Crippen LogP contribution in [0.25, 0.3) is 0 Å². The number of nitrogens with zero attached hydrogens (tertiary/aromatic N) is 1. The van der Waals surface area contributed by atoms with Crippen LogP contribution in [0.5, 0.6) is 0 Å². The van der Waals surface area contributed by atoms with E-state index in [1.54, 1.807) is 0 Å². The standard InChI is InChI=1S/C42H42NO3P3.3C10H14.6ClH.3Ru/c1-7-19-37(20-8-1)47(38-21-9-2-10-22-38)44-34-31-43(32-35-45-48(39-23-11-3-12-24-39)40-25-13-4-14-26-40)33-36-46-49(41-27-15-5-16-28-41)42-29-17-6-18-30-42;3*1-8(2)10-6-4-9(3)5-7-10;;;;;;;;;/h1-30H,31-36H2;3*4-8H,1-3H3;6*1H;;;/q;;;;;;;;;;3*+2/p-6. The van der Waals surface area contributed by atoms with E-state index in [-0.39, 0.29) is 45.4 Å². The van der Waals surface area contributed by atoms with E-state index < -0.39 is 24.4 Å². The van der Waals surface area contributed by atoms with Gasteiger partial charge < -0.3 is 13.6 Å². The summed E-state index contributed by atoms with van der Waals surface area (Å²) < 4.78 is 20.2. The van der Waals surface area contributed by atoms with E-state index in [0.29, 0.717) is 37.6 Å². The Morgan fingerprint density at radius 2 is 0.443 bits per heavy atom. The van der Waals surface area contributed by atoms with Gasteiger partial charge in [-0.25, -0.2) is 0 Å². The molecule has 4 nitrogen and oxygen atoms in total. The van der Waals surface area contributed by atoms with Crippen LogP contribution in [-0.4, -0.2) is 44.4 Å². The molecular formula is C72H84Cl6NO3P3Ru3. The Morgan fingerprint density at radius 1 is 0.284 bits per heavy atom. The van der Waals surface area contributed by atoms with Gasteiger partial charge in [-0.3, -0.25) is 4.90 Å². The summed E-state index contributed by atoms with van der Waals surface area (Å²) in [4.78, 5) is 2.43. The summed E-state index contributed by atoms with van der Waals surface area (Å²) in [7, 11) is 26.3. The molecule has 0 atom stereocenters. The number of hydrogen-bond donors (Lipinski definition) is 0. The molecule has 0 aliphatic rings. The molecule has 0 radical (unpaired) electrons. The quantitative estimate of drug-likeness (QED) is 0.0530. The van der Waals surface area contributed by atoms with Crippen molar-refractivity contribution in [1.82, 2.24) is 4.90 Å². The average Bonchev–Trinajstić information content (AvgIpc) is 3.75. The van der Waals surface area contributed by atoms with Gasteiger partial charge >= 0.3 is 104 Å². The van der Waals surface area contributed by atoms with Crippen LogP contribution in [0.4, 0.5) is 0 Å². The SMILES string of the molecule is Cc1ccc(C(C)C)cc1.Cc1ccc(C(C)C)cc1.Cc1ccc(C(C)C)cc1.[Cl][Ru][Cl].[Cl][Ru][Cl].[Cl][Ru][Cl].c1ccc(P(OCCN(CCOP(c2ccccc2)c2ccccc2)CCOP(c2ccccc2)c2ccccc2)c2ccccc2)cc1. The van der Waals surface area contributed by atoms with Crippen LogP contribution in [-0.2, 0) is 59.0 Å². The molecule has 0 fully saturated rings. The molecule has 0 N–H and O–H groups in total. The number of benzene rings is 9. The minimum Gasteiger partial charge on any atom is -0.348 e. The minimum atomic E-state index is -0.932. The first-order valence-corrected chi connectivity index (χ1v) is 46.0. The van der Waals surface area contributed by atoms with Gasteiger partial charge in [0.2, 0.25) is 0 Å². The zero-order chi connectivity index (χ0) is 64.2. The van der Waals surface area contributed by atoms with Gasteiger partial charge in [-0.2, -0.15) is 0 Å². The Hall–Kier alpha value is -2.28. The van der Waals surface area contributed by atoms with E-state index in [1.165, 1.54) is 65.2 Å². The van der Waals surface area contributed by atoms with Gasteiger partial charge in [0, 0.05) is 51.5 Å². The smallest absolute Gasteiger partial charge is 0.0918 e. The molecule has 16 heteroatoms. The second-order valence-corrected chi connectivity index (χ2v) is 34.1. The van der Waals surface area contributed by atoms with Gasteiger partial charge in [0.25, 0.3) is 0 Å². The summed E-state index contributed by atoms with van der Waals surface area (Å²) in [5, 5.41) is 7.30. The van der Waals surface area contributed by atoms with Gasteiger partial charge in [0.15, 0.2) is 0 Å². The molecule has 0 spiro atoms. The molecule has 0 heterocycles. The van der Waals surface area contributed by atoms with Crippen LogP contribution in [0.15, 0.2) is 255 Å². The third-order valence-corrected chi connectivity index (χ3v) is 19.0. The van der Waals surface area contributed by atoms with E-state index in [4.69, 9.17) is 71.7 Å². The van der Waals surface area contributed by atoms with Crippen LogP contribution < -0.4 is 31.8 Å². The van der Waals surface area contributed by atoms with Crippen molar-refractivity contribution in [2.24, 2.45) is 0 Å². The molecule has 0 unspecified atom stereocenters. The molecule has 0 amide bonds. The van der Waals surface area contributed by atoms with Crippen molar-refractivity contribution in [3.63, 3.8) is 0 Å². The number of hydrogen-bond acceptors (Lipinski definition) is 4. The van der Waals surface area contributed by atoms with Crippen molar-refractivity contribution in [3.05, 3.63) is 288 Å². The summed E-state index contributed by atoms with van der Waals surface area (Å²) in [5.41, 5.74) is 8.28. The summed E-state index contributed by atoms with van der Waals surface area (Å²) >= 11 is -1.04. The van der Waals surface area contributed by atoms with Crippen molar-refractivity contribution < 1.29 is 59.0 Å². The molecule has 0 aromatic heterocycles. The van der Waals surface area contributed by atoms with E-state index >= 15 is 0 Å². The third-order valence-electron chi connectivity index (χ3n) is 13.1. The fraction of sp³-hybridized carbons (Fsp3) is 0.250. The molecule has 0 aliphatic heterocycles. The Balaban J connectivity index is 0.000000414. The van der Waals surface area contributed by atoms with Gasteiger partial charge in [0.1, 0.15) is 0 Å². The van der Waals surface area contributed by atoms with Gasteiger partial charge in [-0.15, -0.1) is 0 Å². The van der Waals surface area contributed by atoms with Crippen LogP contribution >= 0.6 is 82.6 Å². The maximum Gasteiger partial charge on any atom is 0.0918 e. The molecule has 0 saturated carbocycles. The van der Waals surface area contributed by atoms with Crippen LogP contribution in [0.1, 0.15) is 92.7 Å². The van der Waals surface area contributed by atoms with Gasteiger partial charge in [0.05, 0.1) is 44.3 Å². The van der Waals surface area contributed by atoms with Gasteiger partial charge in [-0.1, -0.05) is 313 Å². The van der Waals surface area contributed by atoms with E-state index in [0.717, 1.165) is 19.6 Å². The molecule has 476 valence electrons. The Labute approximate surface area is 580 Å². The van der Waals surface area contributed by atoms with E-state index in [9.17, 15) is 0 Å². The van der Waals surface area contributed by atoms with Crippen LogP contribution in [0.3, 0.4) is 0 Å². The topological polar surface area (TPSA) is 30.9 Å². The van der Waals surface area contributed by atoms with Crippen LogP contribution in [0, 0.1) is 20.8 Å². The van der Waals surface area contributed by atoms with E-state index in [2.05, 4.69) is 322 Å².